The lowest BCUT2D eigenvalue weighted by atomic mass is 10.1. The van der Waals surface area contributed by atoms with Crippen molar-refractivity contribution < 1.29 is 4.39 Å². The summed E-state index contributed by atoms with van der Waals surface area (Å²) in [6.07, 6.45) is 0.621. The Kier molecular flexibility index (Phi) is 3.93. The van der Waals surface area contributed by atoms with Crippen LogP contribution < -0.4 is 0 Å². The van der Waals surface area contributed by atoms with Crippen LogP contribution >= 0.6 is 11.6 Å². The molecule has 0 aliphatic rings. The van der Waals surface area contributed by atoms with E-state index in [0.717, 1.165) is 22.4 Å². The minimum atomic E-state index is -0.161. The number of aryl methyl sites for hydroxylation is 3. The van der Waals surface area contributed by atoms with Crippen LogP contribution in [-0.4, -0.2) is 9.55 Å². The van der Waals surface area contributed by atoms with Gasteiger partial charge in [0.25, 0.3) is 0 Å². The van der Waals surface area contributed by atoms with Crippen LogP contribution in [-0.2, 0) is 18.8 Å². The highest BCUT2D eigenvalue weighted by molar-refractivity contribution is 6.16. The molecule has 2 nitrogen and oxygen atoms in total. The molecule has 21 heavy (non-hydrogen) atoms. The number of hydrogen-bond donors (Lipinski definition) is 0. The Morgan fingerprint density at radius 3 is 2.71 bits per heavy atom. The van der Waals surface area contributed by atoms with Crippen molar-refractivity contribution in [2.75, 3.05) is 0 Å². The Morgan fingerprint density at radius 2 is 1.95 bits per heavy atom. The second-order valence-electron chi connectivity index (χ2n) is 5.10. The highest BCUT2D eigenvalue weighted by Crippen LogP contribution is 2.22. The largest absolute Gasteiger partial charge is 0.326 e. The molecule has 0 amide bonds. The van der Waals surface area contributed by atoms with Gasteiger partial charge >= 0.3 is 0 Å². The minimum Gasteiger partial charge on any atom is -0.326 e. The number of rotatable bonds is 4. The first-order chi connectivity index (χ1) is 10.2. The van der Waals surface area contributed by atoms with Gasteiger partial charge in [-0.05, 0) is 36.6 Å². The van der Waals surface area contributed by atoms with Gasteiger partial charge in [0.2, 0.25) is 0 Å². The number of nitrogens with zero attached hydrogens (tertiary/aromatic N) is 2. The van der Waals surface area contributed by atoms with E-state index in [1.807, 2.05) is 24.3 Å². The number of aromatic nitrogens is 2. The molecule has 0 atom stereocenters. The van der Waals surface area contributed by atoms with E-state index in [0.29, 0.717) is 24.4 Å². The fraction of sp³-hybridized carbons (Fsp3) is 0.235. The molecule has 2 aromatic carbocycles. The van der Waals surface area contributed by atoms with E-state index in [1.165, 1.54) is 6.07 Å². The molecular weight excluding hydrogens is 287 g/mol. The Labute approximate surface area is 128 Å². The molecule has 0 radical (unpaired) electrons. The summed E-state index contributed by atoms with van der Waals surface area (Å²) >= 11 is 6.01. The first-order valence-corrected chi connectivity index (χ1v) is 7.48. The number of benzene rings is 2. The van der Waals surface area contributed by atoms with Gasteiger partial charge in [0.05, 0.1) is 16.9 Å². The van der Waals surface area contributed by atoms with Gasteiger partial charge in [-0.1, -0.05) is 30.3 Å². The summed E-state index contributed by atoms with van der Waals surface area (Å²) in [5.41, 5.74) is 3.90. The van der Waals surface area contributed by atoms with Crippen LogP contribution in [0.15, 0.2) is 42.5 Å². The van der Waals surface area contributed by atoms with Crippen LogP contribution in [0.3, 0.4) is 0 Å². The van der Waals surface area contributed by atoms with Crippen molar-refractivity contribution in [3.63, 3.8) is 0 Å². The third-order valence-electron chi connectivity index (χ3n) is 3.73. The van der Waals surface area contributed by atoms with E-state index >= 15 is 0 Å². The maximum atomic E-state index is 13.7. The predicted octanol–water partition coefficient (Wildman–Crippen LogP) is 4.47. The smallest absolute Gasteiger partial charge is 0.126 e. The molecule has 1 heterocycles. The number of alkyl halides is 1. The topological polar surface area (TPSA) is 17.8 Å². The second kappa shape index (κ2) is 5.86. The SMILES string of the molecule is Cc1cccc2nc(CCl)n(CCc3ccccc3F)c12. The highest BCUT2D eigenvalue weighted by Gasteiger charge is 2.12. The molecule has 0 spiro atoms. The van der Waals surface area contributed by atoms with Crippen LogP contribution in [0, 0.1) is 12.7 Å². The summed E-state index contributed by atoms with van der Waals surface area (Å²) in [5.74, 6) is 1.02. The van der Waals surface area contributed by atoms with Crippen molar-refractivity contribution >= 4 is 22.6 Å². The fourth-order valence-electron chi connectivity index (χ4n) is 2.69. The summed E-state index contributed by atoms with van der Waals surface area (Å²) in [5, 5.41) is 0. The summed E-state index contributed by atoms with van der Waals surface area (Å²) in [7, 11) is 0. The Hall–Kier alpha value is -1.87. The van der Waals surface area contributed by atoms with Crippen molar-refractivity contribution in [2.24, 2.45) is 0 Å². The van der Waals surface area contributed by atoms with Gasteiger partial charge in [-0.15, -0.1) is 11.6 Å². The average molecular weight is 303 g/mol. The number of hydrogen-bond acceptors (Lipinski definition) is 1. The number of halogens is 2. The third-order valence-corrected chi connectivity index (χ3v) is 3.97. The summed E-state index contributed by atoms with van der Waals surface area (Å²) in [6.45, 7) is 2.73. The molecule has 0 aliphatic carbocycles. The molecule has 0 saturated heterocycles. The lowest BCUT2D eigenvalue weighted by molar-refractivity contribution is 0.592. The van der Waals surface area contributed by atoms with Crippen LogP contribution in [0.4, 0.5) is 4.39 Å². The quantitative estimate of drug-likeness (QED) is 0.650. The van der Waals surface area contributed by atoms with E-state index in [4.69, 9.17) is 11.6 Å². The van der Waals surface area contributed by atoms with Gasteiger partial charge in [0.15, 0.2) is 0 Å². The molecular formula is C17H16ClFN2. The Bertz CT molecular complexity index is 780. The van der Waals surface area contributed by atoms with Gasteiger partial charge < -0.3 is 4.57 Å². The lowest BCUT2D eigenvalue weighted by Crippen LogP contribution is -2.06. The second-order valence-corrected chi connectivity index (χ2v) is 5.36. The Balaban J connectivity index is 1.98. The predicted molar refractivity (Wildman–Crippen MR) is 84.1 cm³/mol. The summed E-state index contributed by atoms with van der Waals surface area (Å²) < 4.78 is 15.8. The van der Waals surface area contributed by atoms with Crippen molar-refractivity contribution in [1.82, 2.24) is 9.55 Å². The number of para-hydroxylation sites is 1. The standard InChI is InChI=1S/C17H16ClFN2/c1-12-5-4-8-15-17(12)21(16(11-18)20-15)10-9-13-6-2-3-7-14(13)19/h2-8H,9-11H2,1H3. The molecule has 0 N–H and O–H groups in total. The molecule has 3 rings (SSSR count). The zero-order valence-corrected chi connectivity index (χ0v) is 12.6. The van der Waals surface area contributed by atoms with Gasteiger partial charge in [0, 0.05) is 6.54 Å². The number of fused-ring (bicyclic) bond motifs is 1. The minimum absolute atomic E-state index is 0.161. The normalized spacial score (nSPS) is 11.2. The lowest BCUT2D eigenvalue weighted by Gasteiger charge is -2.10. The van der Waals surface area contributed by atoms with Crippen molar-refractivity contribution in [3.05, 3.63) is 65.2 Å². The average Bonchev–Trinajstić information content (AvgIpc) is 2.85. The van der Waals surface area contributed by atoms with Gasteiger partial charge in [-0.3, -0.25) is 0 Å². The van der Waals surface area contributed by atoms with Crippen molar-refractivity contribution in [1.29, 1.82) is 0 Å². The Morgan fingerprint density at radius 1 is 1.14 bits per heavy atom. The molecule has 3 aromatic rings. The molecule has 1 aromatic heterocycles. The van der Waals surface area contributed by atoms with E-state index in [1.54, 1.807) is 6.07 Å². The van der Waals surface area contributed by atoms with Gasteiger partial charge in [-0.25, -0.2) is 9.37 Å². The molecule has 0 unspecified atom stereocenters. The van der Waals surface area contributed by atoms with E-state index < -0.39 is 0 Å². The van der Waals surface area contributed by atoms with E-state index in [2.05, 4.69) is 22.5 Å². The molecule has 0 saturated carbocycles. The third kappa shape index (κ3) is 2.66. The van der Waals surface area contributed by atoms with Gasteiger partial charge in [-0.2, -0.15) is 0 Å². The van der Waals surface area contributed by atoms with E-state index in [9.17, 15) is 4.39 Å². The molecule has 108 valence electrons. The van der Waals surface area contributed by atoms with Crippen LogP contribution in [0.5, 0.6) is 0 Å². The highest BCUT2D eigenvalue weighted by atomic mass is 35.5. The molecule has 0 fully saturated rings. The number of imidazole rings is 1. The van der Waals surface area contributed by atoms with Crippen LogP contribution in [0.1, 0.15) is 17.0 Å². The van der Waals surface area contributed by atoms with E-state index in [-0.39, 0.29) is 5.82 Å². The van der Waals surface area contributed by atoms with Crippen LogP contribution in [0.2, 0.25) is 0 Å². The fourth-order valence-corrected chi connectivity index (χ4v) is 2.89. The molecule has 0 aliphatic heterocycles. The first-order valence-electron chi connectivity index (χ1n) is 6.95. The zero-order valence-electron chi connectivity index (χ0n) is 11.8. The maximum absolute atomic E-state index is 13.7. The summed E-state index contributed by atoms with van der Waals surface area (Å²) in [4.78, 5) is 4.56. The van der Waals surface area contributed by atoms with Crippen molar-refractivity contribution in [2.45, 2.75) is 25.8 Å². The van der Waals surface area contributed by atoms with Crippen LogP contribution in [0.25, 0.3) is 11.0 Å². The maximum Gasteiger partial charge on any atom is 0.126 e. The zero-order chi connectivity index (χ0) is 14.8. The molecule has 0 bridgehead atoms. The monoisotopic (exact) mass is 302 g/mol. The first kappa shape index (κ1) is 14.1. The molecule has 4 heteroatoms. The van der Waals surface area contributed by atoms with Gasteiger partial charge in [0.1, 0.15) is 11.6 Å². The van der Waals surface area contributed by atoms with Crippen molar-refractivity contribution in [3.8, 4) is 0 Å². The summed E-state index contributed by atoms with van der Waals surface area (Å²) in [6, 6.07) is 12.9.